The molecular formula is C23H21N3O3. The topological polar surface area (TPSA) is 87.3 Å². The van der Waals surface area contributed by atoms with E-state index in [1.165, 1.54) is 7.05 Å². The highest BCUT2D eigenvalue weighted by molar-refractivity contribution is 6.17. The van der Waals surface area contributed by atoms with Crippen LogP contribution < -0.4 is 16.0 Å². The van der Waals surface area contributed by atoms with Crippen LogP contribution in [0.1, 0.15) is 31.8 Å². The van der Waals surface area contributed by atoms with Gasteiger partial charge in [0.2, 0.25) is 0 Å². The Bertz CT molecular complexity index is 1060. The van der Waals surface area contributed by atoms with Crippen molar-refractivity contribution >= 4 is 29.1 Å². The maximum atomic E-state index is 12.9. The van der Waals surface area contributed by atoms with Crippen LogP contribution in [0.5, 0.6) is 0 Å². The van der Waals surface area contributed by atoms with E-state index in [2.05, 4.69) is 16.0 Å². The van der Waals surface area contributed by atoms with Gasteiger partial charge < -0.3 is 16.0 Å². The first-order valence-corrected chi connectivity index (χ1v) is 9.08. The molecule has 3 aromatic rings. The fraction of sp³-hybridized carbons (Fsp3) is 0.0870. The highest BCUT2D eigenvalue weighted by Crippen LogP contribution is 2.19. The molecule has 0 radical (unpaired) electrons. The molecule has 0 spiro atoms. The molecule has 3 amide bonds. The fourth-order valence-corrected chi connectivity index (χ4v) is 2.81. The van der Waals surface area contributed by atoms with Gasteiger partial charge in [0, 0.05) is 29.5 Å². The lowest BCUT2D eigenvalue weighted by Gasteiger charge is -2.11. The number of ketones is 1. The second-order valence-electron chi connectivity index (χ2n) is 6.48. The molecule has 0 heterocycles. The van der Waals surface area contributed by atoms with Gasteiger partial charge >= 0.3 is 6.03 Å². The Morgan fingerprint density at radius 1 is 0.724 bits per heavy atom. The van der Waals surface area contributed by atoms with E-state index in [4.69, 9.17) is 0 Å². The van der Waals surface area contributed by atoms with Gasteiger partial charge in [0.25, 0.3) is 5.91 Å². The zero-order valence-corrected chi connectivity index (χ0v) is 16.2. The van der Waals surface area contributed by atoms with Crippen LogP contribution in [-0.4, -0.2) is 24.8 Å². The van der Waals surface area contributed by atoms with E-state index in [0.717, 1.165) is 5.56 Å². The molecule has 0 aliphatic heterocycles. The number of aryl methyl sites for hydroxylation is 1. The van der Waals surface area contributed by atoms with Crippen molar-refractivity contribution in [2.45, 2.75) is 6.92 Å². The predicted molar refractivity (Wildman–Crippen MR) is 114 cm³/mol. The normalized spacial score (nSPS) is 10.1. The largest absolute Gasteiger partial charge is 0.341 e. The number of amides is 3. The third-order valence-corrected chi connectivity index (χ3v) is 4.34. The molecule has 3 N–H and O–H groups in total. The number of carbonyl (C=O) groups excluding carboxylic acids is 3. The van der Waals surface area contributed by atoms with Crippen molar-refractivity contribution < 1.29 is 14.4 Å². The summed E-state index contributed by atoms with van der Waals surface area (Å²) in [5.74, 6) is -0.621. The molecular weight excluding hydrogens is 366 g/mol. The van der Waals surface area contributed by atoms with Gasteiger partial charge in [-0.3, -0.25) is 9.59 Å². The van der Waals surface area contributed by atoms with Crippen LogP contribution in [0.3, 0.4) is 0 Å². The van der Waals surface area contributed by atoms with Gasteiger partial charge in [-0.05, 0) is 31.2 Å². The number of benzene rings is 3. The molecule has 0 aliphatic rings. The first kappa shape index (κ1) is 19.8. The predicted octanol–water partition coefficient (Wildman–Crippen LogP) is 4.23. The number of nitrogens with one attached hydrogen (secondary N) is 3. The molecule has 3 rings (SSSR count). The molecule has 0 aromatic heterocycles. The van der Waals surface area contributed by atoms with Crippen LogP contribution in [0.25, 0.3) is 0 Å². The Balaban J connectivity index is 1.84. The highest BCUT2D eigenvalue weighted by Gasteiger charge is 2.18. The molecule has 0 unspecified atom stereocenters. The minimum absolute atomic E-state index is 0.217. The summed E-state index contributed by atoms with van der Waals surface area (Å²) in [5.41, 5.74) is 3.22. The molecule has 0 atom stereocenters. The quantitative estimate of drug-likeness (QED) is 0.573. The maximum absolute atomic E-state index is 12.9. The van der Waals surface area contributed by atoms with Crippen molar-refractivity contribution in [3.05, 3.63) is 95.1 Å². The molecule has 6 nitrogen and oxygen atoms in total. The second kappa shape index (κ2) is 8.84. The lowest BCUT2D eigenvalue weighted by atomic mass is 9.97. The Labute approximate surface area is 169 Å². The first-order chi connectivity index (χ1) is 14.0. The summed E-state index contributed by atoms with van der Waals surface area (Å²) in [5, 5.41) is 7.89. The summed E-state index contributed by atoms with van der Waals surface area (Å²) >= 11 is 0. The molecule has 3 aromatic carbocycles. The van der Waals surface area contributed by atoms with E-state index in [0.29, 0.717) is 22.5 Å². The van der Waals surface area contributed by atoms with Crippen LogP contribution in [-0.2, 0) is 0 Å². The minimum Gasteiger partial charge on any atom is -0.341 e. The summed E-state index contributed by atoms with van der Waals surface area (Å²) in [6.45, 7) is 1.95. The van der Waals surface area contributed by atoms with Crippen molar-refractivity contribution in [3.8, 4) is 0 Å². The van der Waals surface area contributed by atoms with E-state index < -0.39 is 5.91 Å². The van der Waals surface area contributed by atoms with E-state index in [-0.39, 0.29) is 17.4 Å². The lowest BCUT2D eigenvalue weighted by Crippen LogP contribution is -2.24. The van der Waals surface area contributed by atoms with Crippen LogP contribution >= 0.6 is 0 Å². The third kappa shape index (κ3) is 4.87. The van der Waals surface area contributed by atoms with Crippen LogP contribution in [0.15, 0.2) is 72.8 Å². The Morgan fingerprint density at radius 3 is 2.00 bits per heavy atom. The molecule has 0 saturated heterocycles. The number of hydrogen-bond donors (Lipinski definition) is 3. The SMILES string of the molecule is CNC(=O)Nc1cccc(NC(=O)c2ccccc2C(=O)c2ccc(C)cc2)c1. The van der Waals surface area contributed by atoms with Crippen molar-refractivity contribution in [1.29, 1.82) is 0 Å². The van der Waals surface area contributed by atoms with E-state index in [1.807, 2.05) is 19.1 Å². The second-order valence-corrected chi connectivity index (χ2v) is 6.48. The number of anilines is 2. The lowest BCUT2D eigenvalue weighted by molar-refractivity contribution is 0.0996. The van der Waals surface area contributed by atoms with Crippen LogP contribution in [0.2, 0.25) is 0 Å². The fourth-order valence-electron chi connectivity index (χ4n) is 2.81. The Hall–Kier alpha value is -3.93. The molecule has 146 valence electrons. The molecule has 0 aliphatic carbocycles. The van der Waals surface area contributed by atoms with E-state index in [9.17, 15) is 14.4 Å². The first-order valence-electron chi connectivity index (χ1n) is 9.08. The maximum Gasteiger partial charge on any atom is 0.318 e. The zero-order valence-electron chi connectivity index (χ0n) is 16.2. The van der Waals surface area contributed by atoms with Crippen molar-refractivity contribution in [2.24, 2.45) is 0 Å². The number of hydrogen-bond acceptors (Lipinski definition) is 3. The molecule has 0 saturated carbocycles. The molecule has 0 bridgehead atoms. The van der Waals surface area contributed by atoms with E-state index >= 15 is 0 Å². The Kier molecular flexibility index (Phi) is 6.04. The van der Waals surface area contributed by atoms with Crippen molar-refractivity contribution in [3.63, 3.8) is 0 Å². The zero-order chi connectivity index (χ0) is 20.8. The molecule has 6 heteroatoms. The van der Waals surface area contributed by atoms with Gasteiger partial charge in [-0.1, -0.05) is 54.1 Å². The minimum atomic E-state index is -0.404. The van der Waals surface area contributed by atoms with Crippen LogP contribution in [0, 0.1) is 6.92 Å². The van der Waals surface area contributed by atoms with E-state index in [1.54, 1.807) is 60.7 Å². The Morgan fingerprint density at radius 2 is 1.34 bits per heavy atom. The average molecular weight is 387 g/mol. The summed E-state index contributed by atoms with van der Waals surface area (Å²) in [4.78, 5) is 37.2. The van der Waals surface area contributed by atoms with Gasteiger partial charge in [0.1, 0.15) is 0 Å². The van der Waals surface area contributed by atoms with Crippen molar-refractivity contribution in [2.75, 3.05) is 17.7 Å². The van der Waals surface area contributed by atoms with Crippen molar-refractivity contribution in [1.82, 2.24) is 5.32 Å². The monoisotopic (exact) mass is 387 g/mol. The molecule has 0 fully saturated rings. The third-order valence-electron chi connectivity index (χ3n) is 4.34. The van der Waals surface area contributed by atoms with Crippen LogP contribution in [0.4, 0.5) is 16.2 Å². The highest BCUT2D eigenvalue weighted by atomic mass is 16.2. The average Bonchev–Trinajstić information content (AvgIpc) is 2.74. The number of carbonyl (C=O) groups is 3. The standard InChI is InChI=1S/C23H21N3O3/c1-15-10-12-16(13-11-15)21(27)19-8-3-4-9-20(19)22(28)25-17-6-5-7-18(14-17)26-23(29)24-2/h3-14H,1-2H3,(H,25,28)(H2,24,26,29). The summed E-state index contributed by atoms with van der Waals surface area (Å²) in [6, 6.07) is 20.3. The smallest absolute Gasteiger partial charge is 0.318 e. The van der Waals surface area contributed by atoms with Gasteiger partial charge in [-0.15, -0.1) is 0 Å². The van der Waals surface area contributed by atoms with Gasteiger partial charge in [0.05, 0.1) is 5.56 Å². The summed E-state index contributed by atoms with van der Waals surface area (Å²) in [7, 11) is 1.52. The number of urea groups is 1. The summed E-state index contributed by atoms with van der Waals surface area (Å²) < 4.78 is 0. The van der Waals surface area contributed by atoms with Gasteiger partial charge in [0.15, 0.2) is 5.78 Å². The van der Waals surface area contributed by atoms with Gasteiger partial charge in [-0.2, -0.15) is 0 Å². The van der Waals surface area contributed by atoms with Gasteiger partial charge in [-0.25, -0.2) is 4.79 Å². The summed E-state index contributed by atoms with van der Waals surface area (Å²) in [6.07, 6.45) is 0. The molecule has 29 heavy (non-hydrogen) atoms. The number of rotatable bonds is 5.